The highest BCUT2D eigenvalue weighted by atomic mass is 32.2. The van der Waals surface area contributed by atoms with Crippen molar-refractivity contribution >= 4 is 29.4 Å². The minimum atomic E-state index is -0.315. The average molecular weight is 262 g/mol. The Bertz CT molecular complexity index is 238. The molecular formula is C11H22N2OS2. The van der Waals surface area contributed by atoms with Crippen molar-refractivity contribution in [3.63, 3.8) is 0 Å². The minimum absolute atomic E-state index is 0.133. The topological polar surface area (TPSA) is 46.3 Å². The highest BCUT2D eigenvalue weighted by Crippen LogP contribution is 2.24. The van der Waals surface area contributed by atoms with Gasteiger partial charge in [-0.1, -0.05) is 6.92 Å². The first kappa shape index (κ1) is 14.2. The molecule has 2 unspecified atom stereocenters. The van der Waals surface area contributed by atoms with Crippen LogP contribution in [0.15, 0.2) is 0 Å². The summed E-state index contributed by atoms with van der Waals surface area (Å²) in [5.41, 5.74) is 5.93. The van der Waals surface area contributed by atoms with Gasteiger partial charge in [0, 0.05) is 23.6 Å². The third kappa shape index (κ3) is 3.57. The zero-order valence-electron chi connectivity index (χ0n) is 10.3. The van der Waals surface area contributed by atoms with Crippen LogP contribution in [0.25, 0.3) is 0 Å². The molecule has 1 saturated heterocycles. The van der Waals surface area contributed by atoms with Gasteiger partial charge in [0.1, 0.15) is 0 Å². The maximum atomic E-state index is 12.1. The molecule has 1 fully saturated rings. The lowest BCUT2D eigenvalue weighted by Crippen LogP contribution is -2.53. The quantitative estimate of drug-likeness (QED) is 0.832. The maximum Gasteiger partial charge on any atom is 0.239 e. The fraction of sp³-hybridized carbons (Fsp3) is 0.909. The van der Waals surface area contributed by atoms with Crippen LogP contribution >= 0.6 is 23.5 Å². The summed E-state index contributed by atoms with van der Waals surface area (Å²) < 4.78 is 0. The summed E-state index contributed by atoms with van der Waals surface area (Å²) in [5, 5.41) is 0.519. The van der Waals surface area contributed by atoms with E-state index in [1.165, 1.54) is 0 Å². The second-order valence-corrected chi connectivity index (χ2v) is 6.71. The molecule has 0 aromatic rings. The largest absolute Gasteiger partial charge is 0.337 e. The van der Waals surface area contributed by atoms with Crippen LogP contribution in [0.1, 0.15) is 20.3 Å². The lowest BCUT2D eigenvalue weighted by atomic mass is 10.1. The van der Waals surface area contributed by atoms with Crippen molar-refractivity contribution in [2.24, 2.45) is 5.73 Å². The summed E-state index contributed by atoms with van der Waals surface area (Å²) in [6, 6.07) is -0.00298. The molecule has 0 spiro atoms. The molecule has 94 valence electrons. The van der Waals surface area contributed by atoms with E-state index in [9.17, 15) is 4.79 Å². The van der Waals surface area contributed by atoms with Crippen LogP contribution in [0.5, 0.6) is 0 Å². The van der Waals surface area contributed by atoms with E-state index in [2.05, 4.69) is 13.8 Å². The molecule has 3 atom stereocenters. The van der Waals surface area contributed by atoms with Crippen molar-refractivity contribution < 1.29 is 4.79 Å². The zero-order chi connectivity index (χ0) is 12.1. The molecule has 3 nitrogen and oxygen atoms in total. The molecule has 0 radical (unpaired) electrons. The van der Waals surface area contributed by atoms with E-state index >= 15 is 0 Å². The highest BCUT2D eigenvalue weighted by Gasteiger charge is 2.31. The minimum Gasteiger partial charge on any atom is -0.337 e. The monoisotopic (exact) mass is 262 g/mol. The van der Waals surface area contributed by atoms with Gasteiger partial charge >= 0.3 is 0 Å². The van der Waals surface area contributed by atoms with Gasteiger partial charge < -0.3 is 10.6 Å². The Hall–Kier alpha value is 0.130. The number of thioether (sulfide) groups is 2. The molecule has 1 aliphatic rings. The standard InChI is InChI=1S/C11H22N2OS2/c1-8-9(2)16-7-5-13(8)11(14)10(12)4-6-15-3/h8-10H,4-7,12H2,1-3H3/t8?,9?,10-/m1/s1. The van der Waals surface area contributed by atoms with Gasteiger partial charge in [0.25, 0.3) is 0 Å². The Balaban J connectivity index is 2.51. The first-order chi connectivity index (χ1) is 7.57. The first-order valence-electron chi connectivity index (χ1n) is 5.74. The van der Waals surface area contributed by atoms with E-state index in [-0.39, 0.29) is 11.9 Å². The lowest BCUT2D eigenvalue weighted by Gasteiger charge is -2.38. The number of hydrogen-bond donors (Lipinski definition) is 1. The second-order valence-electron chi connectivity index (χ2n) is 4.24. The maximum absolute atomic E-state index is 12.1. The number of carbonyl (C=O) groups excluding carboxylic acids is 1. The second kappa shape index (κ2) is 6.77. The molecule has 0 aromatic carbocycles. The van der Waals surface area contributed by atoms with Gasteiger partial charge in [0.2, 0.25) is 5.91 Å². The van der Waals surface area contributed by atoms with Crippen LogP contribution < -0.4 is 5.73 Å². The van der Waals surface area contributed by atoms with Gasteiger partial charge in [0.05, 0.1) is 6.04 Å². The molecule has 0 bridgehead atoms. The molecule has 0 aromatic heterocycles. The van der Waals surface area contributed by atoms with Gasteiger partial charge in [-0.2, -0.15) is 23.5 Å². The Morgan fingerprint density at radius 1 is 1.62 bits per heavy atom. The van der Waals surface area contributed by atoms with Crippen LogP contribution in [0.2, 0.25) is 0 Å². The third-order valence-electron chi connectivity index (χ3n) is 3.12. The molecular weight excluding hydrogens is 240 g/mol. The molecule has 2 N–H and O–H groups in total. The predicted octanol–water partition coefficient (Wildman–Crippen LogP) is 1.42. The normalized spacial score (nSPS) is 27.9. The molecule has 16 heavy (non-hydrogen) atoms. The number of rotatable bonds is 4. The van der Waals surface area contributed by atoms with E-state index in [0.29, 0.717) is 11.3 Å². The number of amides is 1. The fourth-order valence-electron chi connectivity index (χ4n) is 1.83. The van der Waals surface area contributed by atoms with Crippen molar-refractivity contribution in [2.45, 2.75) is 37.6 Å². The summed E-state index contributed by atoms with van der Waals surface area (Å²) in [7, 11) is 0. The van der Waals surface area contributed by atoms with E-state index in [1.807, 2.05) is 22.9 Å². The molecule has 0 aliphatic carbocycles. The van der Waals surface area contributed by atoms with Crippen LogP contribution in [-0.2, 0) is 4.79 Å². The van der Waals surface area contributed by atoms with Crippen molar-refractivity contribution in [1.82, 2.24) is 4.90 Å². The molecule has 1 rings (SSSR count). The number of nitrogens with two attached hydrogens (primary N) is 1. The van der Waals surface area contributed by atoms with Crippen molar-refractivity contribution in [3.8, 4) is 0 Å². The summed E-state index contributed by atoms with van der Waals surface area (Å²) >= 11 is 3.68. The molecule has 1 aliphatic heterocycles. The Labute approximate surface area is 107 Å². The van der Waals surface area contributed by atoms with E-state index < -0.39 is 0 Å². The lowest BCUT2D eigenvalue weighted by molar-refractivity contribution is -0.134. The van der Waals surface area contributed by atoms with Crippen LogP contribution in [0.4, 0.5) is 0 Å². The van der Waals surface area contributed by atoms with E-state index in [0.717, 1.165) is 24.5 Å². The fourth-order valence-corrected chi connectivity index (χ4v) is 3.41. The predicted molar refractivity (Wildman–Crippen MR) is 74.1 cm³/mol. The molecule has 1 amide bonds. The number of nitrogens with zero attached hydrogens (tertiary/aromatic N) is 1. The summed E-state index contributed by atoms with van der Waals surface area (Å²) in [4.78, 5) is 14.1. The van der Waals surface area contributed by atoms with Gasteiger partial charge in [-0.05, 0) is 25.4 Å². The molecule has 0 saturated carbocycles. The SMILES string of the molecule is CSCC[C@@H](N)C(=O)N1CCSC(C)C1C. The first-order valence-corrected chi connectivity index (χ1v) is 8.18. The average Bonchev–Trinajstić information content (AvgIpc) is 2.28. The highest BCUT2D eigenvalue weighted by molar-refractivity contribution is 8.00. The number of hydrogen-bond acceptors (Lipinski definition) is 4. The van der Waals surface area contributed by atoms with Crippen LogP contribution in [0.3, 0.4) is 0 Å². The van der Waals surface area contributed by atoms with Gasteiger partial charge in [-0.15, -0.1) is 0 Å². The van der Waals surface area contributed by atoms with Gasteiger partial charge in [0.15, 0.2) is 0 Å². The smallest absolute Gasteiger partial charge is 0.239 e. The van der Waals surface area contributed by atoms with Crippen LogP contribution in [-0.4, -0.2) is 52.4 Å². The van der Waals surface area contributed by atoms with E-state index in [4.69, 9.17) is 5.73 Å². The molecule has 1 heterocycles. The zero-order valence-corrected chi connectivity index (χ0v) is 11.9. The molecule has 5 heteroatoms. The van der Waals surface area contributed by atoms with E-state index in [1.54, 1.807) is 11.8 Å². The van der Waals surface area contributed by atoms with Crippen LogP contribution in [0, 0.1) is 0 Å². The summed E-state index contributed by atoms with van der Waals surface area (Å²) in [6.45, 7) is 5.15. The van der Waals surface area contributed by atoms with Crippen molar-refractivity contribution in [1.29, 1.82) is 0 Å². The Morgan fingerprint density at radius 3 is 2.94 bits per heavy atom. The summed E-state index contributed by atoms with van der Waals surface area (Å²) in [5.74, 6) is 2.13. The third-order valence-corrected chi connectivity index (χ3v) is 5.10. The summed E-state index contributed by atoms with van der Waals surface area (Å²) in [6.07, 6.45) is 2.82. The van der Waals surface area contributed by atoms with Gasteiger partial charge in [-0.3, -0.25) is 4.79 Å². The van der Waals surface area contributed by atoms with Crippen molar-refractivity contribution in [2.75, 3.05) is 24.3 Å². The van der Waals surface area contributed by atoms with Gasteiger partial charge in [-0.25, -0.2) is 0 Å². The van der Waals surface area contributed by atoms with Crippen molar-refractivity contribution in [3.05, 3.63) is 0 Å². The Kier molecular flexibility index (Phi) is 6.00. The Morgan fingerprint density at radius 2 is 2.31 bits per heavy atom. The number of carbonyl (C=O) groups is 1.